The maximum absolute atomic E-state index is 12.0. The standard InChI is InChI=1S/C16H20N2O2/c1-3-13-6-4-7-14(10-13)17-16(19)12-18(2)11-15-8-5-9-20-15/h4-10H,3,11-12H2,1-2H3,(H,17,19). The summed E-state index contributed by atoms with van der Waals surface area (Å²) in [5.41, 5.74) is 2.06. The van der Waals surface area contributed by atoms with Crippen LogP contribution in [-0.4, -0.2) is 24.4 Å². The number of anilines is 1. The Hall–Kier alpha value is -2.07. The molecule has 1 aromatic heterocycles. The summed E-state index contributed by atoms with van der Waals surface area (Å²) in [4.78, 5) is 13.9. The predicted molar refractivity (Wildman–Crippen MR) is 79.5 cm³/mol. The monoisotopic (exact) mass is 272 g/mol. The summed E-state index contributed by atoms with van der Waals surface area (Å²) in [7, 11) is 1.89. The zero-order valence-corrected chi connectivity index (χ0v) is 11.9. The van der Waals surface area contributed by atoms with Crippen LogP contribution < -0.4 is 5.32 Å². The average Bonchev–Trinajstić information content (AvgIpc) is 2.91. The maximum atomic E-state index is 12.0. The van der Waals surface area contributed by atoms with Crippen molar-refractivity contribution in [2.24, 2.45) is 0 Å². The first-order chi connectivity index (χ1) is 9.67. The van der Waals surface area contributed by atoms with E-state index in [1.807, 2.05) is 42.3 Å². The lowest BCUT2D eigenvalue weighted by Gasteiger charge is -2.15. The Kier molecular flexibility index (Phi) is 4.96. The van der Waals surface area contributed by atoms with E-state index in [9.17, 15) is 4.79 Å². The summed E-state index contributed by atoms with van der Waals surface area (Å²) < 4.78 is 5.26. The number of likely N-dealkylation sites (N-methyl/N-ethyl adjacent to an activating group) is 1. The second-order valence-electron chi connectivity index (χ2n) is 4.85. The molecular weight excluding hydrogens is 252 g/mol. The number of carbonyl (C=O) groups is 1. The Bertz CT molecular complexity index is 549. The molecule has 4 heteroatoms. The van der Waals surface area contributed by atoms with Crippen molar-refractivity contribution in [2.45, 2.75) is 19.9 Å². The van der Waals surface area contributed by atoms with E-state index in [0.29, 0.717) is 13.1 Å². The van der Waals surface area contributed by atoms with Gasteiger partial charge in [0.2, 0.25) is 5.91 Å². The first-order valence-corrected chi connectivity index (χ1v) is 6.77. The van der Waals surface area contributed by atoms with Gasteiger partial charge in [-0.25, -0.2) is 0 Å². The molecule has 0 radical (unpaired) electrons. The number of benzene rings is 1. The van der Waals surface area contributed by atoms with Crippen molar-refractivity contribution in [3.63, 3.8) is 0 Å². The summed E-state index contributed by atoms with van der Waals surface area (Å²) in [6.45, 7) is 3.05. The van der Waals surface area contributed by atoms with Crippen LogP contribution in [0.2, 0.25) is 0 Å². The number of rotatable bonds is 6. The molecule has 1 heterocycles. The van der Waals surface area contributed by atoms with Crippen molar-refractivity contribution < 1.29 is 9.21 Å². The highest BCUT2D eigenvalue weighted by molar-refractivity contribution is 5.92. The van der Waals surface area contributed by atoms with E-state index in [1.54, 1.807) is 6.26 Å². The minimum atomic E-state index is -0.0210. The molecule has 2 aromatic rings. The SMILES string of the molecule is CCc1cccc(NC(=O)CN(C)Cc2ccco2)c1. The largest absolute Gasteiger partial charge is 0.468 e. The third kappa shape index (κ3) is 4.24. The second-order valence-corrected chi connectivity index (χ2v) is 4.85. The zero-order valence-electron chi connectivity index (χ0n) is 11.9. The molecule has 106 valence electrons. The molecule has 2 rings (SSSR count). The van der Waals surface area contributed by atoms with Crippen molar-refractivity contribution >= 4 is 11.6 Å². The van der Waals surface area contributed by atoms with Crippen LogP contribution in [0, 0.1) is 0 Å². The lowest BCUT2D eigenvalue weighted by Crippen LogP contribution is -2.29. The third-order valence-electron chi connectivity index (χ3n) is 3.04. The summed E-state index contributed by atoms with van der Waals surface area (Å²) >= 11 is 0. The molecule has 0 atom stereocenters. The van der Waals surface area contributed by atoms with Crippen LogP contribution in [0.4, 0.5) is 5.69 Å². The first kappa shape index (κ1) is 14.3. The van der Waals surface area contributed by atoms with E-state index in [1.165, 1.54) is 5.56 Å². The number of hydrogen-bond acceptors (Lipinski definition) is 3. The van der Waals surface area contributed by atoms with Gasteiger partial charge in [0.15, 0.2) is 0 Å². The first-order valence-electron chi connectivity index (χ1n) is 6.77. The molecule has 1 amide bonds. The van der Waals surface area contributed by atoms with Gasteiger partial charge in [0.1, 0.15) is 5.76 Å². The van der Waals surface area contributed by atoms with Gasteiger partial charge in [-0.3, -0.25) is 9.69 Å². The lowest BCUT2D eigenvalue weighted by molar-refractivity contribution is -0.117. The number of carbonyl (C=O) groups excluding carboxylic acids is 1. The Morgan fingerprint density at radius 1 is 1.30 bits per heavy atom. The van der Waals surface area contributed by atoms with Crippen LogP contribution in [-0.2, 0) is 17.8 Å². The minimum Gasteiger partial charge on any atom is -0.468 e. The smallest absolute Gasteiger partial charge is 0.238 e. The van der Waals surface area contributed by atoms with Crippen molar-refractivity contribution in [3.8, 4) is 0 Å². The Balaban J connectivity index is 1.85. The summed E-state index contributed by atoms with van der Waals surface area (Å²) in [6.07, 6.45) is 2.60. The van der Waals surface area contributed by atoms with Gasteiger partial charge in [0.05, 0.1) is 19.4 Å². The summed E-state index contributed by atoms with van der Waals surface area (Å²) in [5.74, 6) is 0.834. The topological polar surface area (TPSA) is 45.5 Å². The van der Waals surface area contributed by atoms with Gasteiger partial charge in [-0.2, -0.15) is 0 Å². The Labute approximate surface area is 119 Å². The molecule has 0 saturated heterocycles. The van der Waals surface area contributed by atoms with E-state index >= 15 is 0 Å². The highest BCUT2D eigenvalue weighted by atomic mass is 16.3. The van der Waals surface area contributed by atoms with Crippen molar-refractivity contribution in [2.75, 3.05) is 18.9 Å². The second kappa shape index (κ2) is 6.91. The molecule has 0 unspecified atom stereocenters. The van der Waals surface area contributed by atoms with E-state index in [2.05, 4.69) is 18.3 Å². The van der Waals surface area contributed by atoms with Crippen LogP contribution >= 0.6 is 0 Å². The van der Waals surface area contributed by atoms with Crippen LogP contribution in [0.3, 0.4) is 0 Å². The molecule has 0 bridgehead atoms. The third-order valence-corrected chi connectivity index (χ3v) is 3.04. The maximum Gasteiger partial charge on any atom is 0.238 e. The van der Waals surface area contributed by atoms with Crippen LogP contribution in [0.1, 0.15) is 18.2 Å². The number of nitrogens with zero attached hydrogens (tertiary/aromatic N) is 1. The number of aryl methyl sites for hydroxylation is 1. The van der Waals surface area contributed by atoms with Gasteiger partial charge in [0.25, 0.3) is 0 Å². The van der Waals surface area contributed by atoms with Crippen LogP contribution in [0.25, 0.3) is 0 Å². The van der Waals surface area contributed by atoms with Crippen molar-refractivity contribution in [1.29, 1.82) is 0 Å². The molecule has 1 N–H and O–H groups in total. The molecule has 0 saturated carbocycles. The fourth-order valence-electron chi connectivity index (χ4n) is 2.04. The van der Waals surface area contributed by atoms with Crippen LogP contribution in [0.15, 0.2) is 47.1 Å². The summed E-state index contributed by atoms with van der Waals surface area (Å²) in [5, 5.41) is 2.92. The number of amides is 1. The normalized spacial score (nSPS) is 10.8. The number of furan rings is 1. The molecule has 0 aliphatic carbocycles. The van der Waals surface area contributed by atoms with Gasteiger partial charge >= 0.3 is 0 Å². The zero-order chi connectivity index (χ0) is 14.4. The van der Waals surface area contributed by atoms with Gasteiger partial charge in [0, 0.05) is 5.69 Å². The van der Waals surface area contributed by atoms with Crippen LogP contribution in [0.5, 0.6) is 0 Å². The van der Waals surface area contributed by atoms with Crippen molar-refractivity contribution in [3.05, 3.63) is 54.0 Å². The molecule has 0 spiro atoms. The van der Waals surface area contributed by atoms with E-state index in [4.69, 9.17) is 4.42 Å². The minimum absolute atomic E-state index is 0.0210. The molecular formula is C16H20N2O2. The van der Waals surface area contributed by atoms with Gasteiger partial charge < -0.3 is 9.73 Å². The fourth-order valence-corrected chi connectivity index (χ4v) is 2.04. The predicted octanol–water partition coefficient (Wildman–Crippen LogP) is 2.91. The van der Waals surface area contributed by atoms with Gasteiger partial charge in [-0.1, -0.05) is 19.1 Å². The van der Waals surface area contributed by atoms with E-state index in [0.717, 1.165) is 17.9 Å². The number of hydrogen-bond donors (Lipinski definition) is 1. The molecule has 4 nitrogen and oxygen atoms in total. The molecule has 1 aromatic carbocycles. The lowest BCUT2D eigenvalue weighted by atomic mass is 10.1. The van der Waals surface area contributed by atoms with E-state index < -0.39 is 0 Å². The average molecular weight is 272 g/mol. The van der Waals surface area contributed by atoms with Gasteiger partial charge in [-0.15, -0.1) is 0 Å². The highest BCUT2D eigenvalue weighted by Gasteiger charge is 2.08. The Morgan fingerprint density at radius 2 is 2.15 bits per heavy atom. The van der Waals surface area contributed by atoms with Crippen molar-refractivity contribution in [1.82, 2.24) is 4.90 Å². The number of nitrogens with one attached hydrogen (secondary N) is 1. The highest BCUT2D eigenvalue weighted by Crippen LogP contribution is 2.11. The quantitative estimate of drug-likeness (QED) is 0.879. The molecule has 0 fully saturated rings. The Morgan fingerprint density at radius 3 is 2.85 bits per heavy atom. The van der Waals surface area contributed by atoms with Gasteiger partial charge in [-0.05, 0) is 43.3 Å². The summed E-state index contributed by atoms with van der Waals surface area (Å²) in [6, 6.07) is 11.7. The van der Waals surface area contributed by atoms with E-state index in [-0.39, 0.29) is 5.91 Å². The molecule has 0 aliphatic heterocycles. The molecule has 20 heavy (non-hydrogen) atoms. The molecule has 0 aliphatic rings. The fraction of sp³-hybridized carbons (Fsp3) is 0.312.